The van der Waals surface area contributed by atoms with Crippen LogP contribution in [0.25, 0.3) is 6.08 Å². The number of rotatable bonds is 4. The minimum Gasteiger partial charge on any atom is -0.497 e. The fourth-order valence-electron chi connectivity index (χ4n) is 4.29. The number of amides is 2. The zero-order valence-electron chi connectivity index (χ0n) is 18.7. The van der Waals surface area contributed by atoms with Crippen molar-refractivity contribution in [2.45, 2.75) is 55.9 Å². The number of thioether (sulfide) groups is 1. The summed E-state index contributed by atoms with van der Waals surface area (Å²) < 4.78 is 5.28. The number of methoxy groups -OCH3 is 1. The summed E-state index contributed by atoms with van der Waals surface area (Å²) in [5.41, 5.74) is 2.28. The number of carbonyl (C=O) groups is 2. The fraction of sp³-hybridized carbons (Fsp3) is 0.385. The molecule has 0 spiro atoms. The molecule has 1 heterocycles. The van der Waals surface area contributed by atoms with Gasteiger partial charge in [-0.1, -0.05) is 56.0 Å². The SMILES string of the molecule is COc1cccc(C=C2Sc3ccc(C(=O)NC4CCCCCCC4)cc3N(C)C2=O)c1. The highest BCUT2D eigenvalue weighted by molar-refractivity contribution is 8.04. The van der Waals surface area contributed by atoms with Crippen LogP contribution >= 0.6 is 11.8 Å². The third-order valence-corrected chi connectivity index (χ3v) is 7.23. The van der Waals surface area contributed by atoms with Gasteiger partial charge in [0.25, 0.3) is 11.8 Å². The van der Waals surface area contributed by atoms with E-state index in [-0.39, 0.29) is 17.9 Å². The Kier molecular flexibility index (Phi) is 7.20. The molecular formula is C26H30N2O3S. The van der Waals surface area contributed by atoms with Gasteiger partial charge in [0.15, 0.2) is 0 Å². The smallest absolute Gasteiger partial charge is 0.264 e. The van der Waals surface area contributed by atoms with E-state index in [2.05, 4.69) is 5.32 Å². The molecule has 32 heavy (non-hydrogen) atoms. The number of nitrogens with one attached hydrogen (secondary N) is 1. The van der Waals surface area contributed by atoms with Crippen molar-refractivity contribution in [1.82, 2.24) is 5.32 Å². The van der Waals surface area contributed by atoms with Gasteiger partial charge >= 0.3 is 0 Å². The van der Waals surface area contributed by atoms with Crippen molar-refractivity contribution in [2.24, 2.45) is 0 Å². The van der Waals surface area contributed by atoms with E-state index < -0.39 is 0 Å². The van der Waals surface area contributed by atoms with Crippen LogP contribution in [-0.4, -0.2) is 32.0 Å². The maximum absolute atomic E-state index is 13.0. The van der Waals surface area contributed by atoms with Gasteiger partial charge in [0.2, 0.25) is 0 Å². The molecule has 0 saturated heterocycles. The zero-order chi connectivity index (χ0) is 22.5. The van der Waals surface area contributed by atoms with Crippen LogP contribution in [0.4, 0.5) is 5.69 Å². The highest BCUT2D eigenvalue weighted by atomic mass is 32.2. The number of ether oxygens (including phenoxy) is 1. The van der Waals surface area contributed by atoms with Crippen LogP contribution in [0, 0.1) is 0 Å². The standard InChI is InChI=1S/C26H30N2O3S/c1-28-22-17-19(25(29)27-20-10-6-4-3-5-7-11-20)13-14-23(22)32-24(26(28)30)16-18-9-8-12-21(15-18)31-2/h8-9,12-17,20H,3-7,10-11H2,1-2H3,(H,27,29). The molecule has 1 N–H and O–H groups in total. The summed E-state index contributed by atoms with van der Waals surface area (Å²) >= 11 is 1.44. The third kappa shape index (κ3) is 5.18. The Hall–Kier alpha value is -2.73. The van der Waals surface area contributed by atoms with E-state index >= 15 is 0 Å². The quantitative estimate of drug-likeness (QED) is 0.612. The van der Waals surface area contributed by atoms with Gasteiger partial charge in [0.1, 0.15) is 5.75 Å². The van der Waals surface area contributed by atoms with Gasteiger partial charge in [-0.3, -0.25) is 9.59 Å². The van der Waals surface area contributed by atoms with Gasteiger partial charge in [-0.2, -0.15) is 0 Å². The molecule has 2 aromatic carbocycles. The van der Waals surface area contributed by atoms with E-state index in [4.69, 9.17) is 4.74 Å². The first kappa shape index (κ1) is 22.5. The first-order valence-electron chi connectivity index (χ1n) is 11.3. The molecule has 0 radical (unpaired) electrons. The summed E-state index contributed by atoms with van der Waals surface area (Å²) in [6, 6.07) is 13.5. The molecule has 1 saturated carbocycles. The lowest BCUT2D eigenvalue weighted by Gasteiger charge is -2.27. The van der Waals surface area contributed by atoms with Gasteiger partial charge in [0, 0.05) is 23.5 Å². The van der Waals surface area contributed by atoms with Crippen molar-refractivity contribution in [3.05, 3.63) is 58.5 Å². The number of fused-ring (bicyclic) bond motifs is 1. The lowest BCUT2D eigenvalue weighted by Crippen LogP contribution is -2.35. The maximum Gasteiger partial charge on any atom is 0.264 e. The molecule has 4 rings (SSSR count). The molecule has 0 aromatic heterocycles. The second kappa shape index (κ2) is 10.3. The van der Waals surface area contributed by atoms with E-state index in [0.29, 0.717) is 10.5 Å². The molecule has 1 aliphatic carbocycles. The predicted octanol–water partition coefficient (Wildman–Crippen LogP) is 5.65. The number of likely N-dealkylation sites (N-methyl/N-ethyl adjacent to an activating group) is 1. The Labute approximate surface area is 194 Å². The van der Waals surface area contributed by atoms with Crippen molar-refractivity contribution < 1.29 is 14.3 Å². The van der Waals surface area contributed by atoms with Crippen LogP contribution in [-0.2, 0) is 4.79 Å². The van der Waals surface area contributed by atoms with Crippen LogP contribution in [0.2, 0.25) is 0 Å². The molecule has 1 fully saturated rings. The van der Waals surface area contributed by atoms with Crippen molar-refractivity contribution in [3.8, 4) is 5.75 Å². The lowest BCUT2D eigenvalue weighted by atomic mass is 9.96. The summed E-state index contributed by atoms with van der Waals surface area (Å²) in [6.45, 7) is 0. The molecule has 2 amide bonds. The number of carbonyl (C=O) groups excluding carboxylic acids is 2. The summed E-state index contributed by atoms with van der Waals surface area (Å²) in [5.74, 6) is 0.617. The van der Waals surface area contributed by atoms with Crippen LogP contribution in [0.5, 0.6) is 5.75 Å². The molecule has 0 atom stereocenters. The Morgan fingerprint density at radius 1 is 1.09 bits per heavy atom. The van der Waals surface area contributed by atoms with Crippen molar-refractivity contribution in [2.75, 3.05) is 19.1 Å². The normalized spacial score (nSPS) is 18.6. The number of hydrogen-bond acceptors (Lipinski definition) is 4. The van der Waals surface area contributed by atoms with E-state index in [1.807, 2.05) is 48.5 Å². The van der Waals surface area contributed by atoms with Crippen LogP contribution in [0.15, 0.2) is 52.3 Å². The van der Waals surface area contributed by atoms with Gasteiger partial charge in [-0.15, -0.1) is 0 Å². The first-order chi connectivity index (χ1) is 15.5. The van der Waals surface area contributed by atoms with Crippen molar-refractivity contribution >= 4 is 35.3 Å². The minimum atomic E-state index is -0.0807. The van der Waals surface area contributed by atoms with Gasteiger partial charge in [-0.05, 0) is 54.8 Å². The average Bonchev–Trinajstić information content (AvgIpc) is 2.79. The first-order valence-corrected chi connectivity index (χ1v) is 12.1. The van der Waals surface area contributed by atoms with Crippen LogP contribution in [0.1, 0.15) is 60.9 Å². The third-order valence-electron chi connectivity index (χ3n) is 6.15. The molecule has 0 unspecified atom stereocenters. The summed E-state index contributed by atoms with van der Waals surface area (Å²) in [5, 5.41) is 3.22. The molecule has 2 aliphatic rings. The Bertz CT molecular complexity index is 1030. The fourth-order valence-corrected chi connectivity index (χ4v) is 5.38. The molecule has 5 nitrogen and oxygen atoms in total. The van der Waals surface area contributed by atoms with Gasteiger partial charge < -0.3 is 15.0 Å². The highest BCUT2D eigenvalue weighted by Crippen LogP contribution is 2.42. The predicted molar refractivity (Wildman–Crippen MR) is 130 cm³/mol. The molecule has 168 valence electrons. The highest BCUT2D eigenvalue weighted by Gasteiger charge is 2.27. The van der Waals surface area contributed by atoms with Crippen LogP contribution in [0.3, 0.4) is 0 Å². The number of benzene rings is 2. The van der Waals surface area contributed by atoms with Crippen molar-refractivity contribution in [1.29, 1.82) is 0 Å². The second-order valence-corrected chi connectivity index (χ2v) is 9.53. The van der Waals surface area contributed by atoms with E-state index in [9.17, 15) is 9.59 Å². The average molecular weight is 451 g/mol. The Morgan fingerprint density at radius 3 is 2.59 bits per heavy atom. The van der Waals surface area contributed by atoms with E-state index in [0.717, 1.165) is 34.7 Å². The second-order valence-electron chi connectivity index (χ2n) is 8.45. The van der Waals surface area contributed by atoms with Gasteiger partial charge in [-0.25, -0.2) is 0 Å². The number of nitrogens with zero attached hydrogens (tertiary/aromatic N) is 1. The Balaban J connectivity index is 1.52. The topological polar surface area (TPSA) is 58.6 Å². The lowest BCUT2D eigenvalue weighted by molar-refractivity contribution is -0.114. The van der Waals surface area contributed by atoms with E-state index in [1.165, 1.54) is 43.9 Å². The largest absolute Gasteiger partial charge is 0.497 e. The molecule has 0 bridgehead atoms. The monoisotopic (exact) mass is 450 g/mol. The summed E-state index contributed by atoms with van der Waals surface area (Å²) in [7, 11) is 3.39. The molecular weight excluding hydrogens is 420 g/mol. The van der Waals surface area contributed by atoms with Crippen molar-refractivity contribution in [3.63, 3.8) is 0 Å². The summed E-state index contributed by atoms with van der Waals surface area (Å²) in [4.78, 5) is 29.2. The zero-order valence-corrected chi connectivity index (χ0v) is 19.5. The number of anilines is 1. The molecule has 6 heteroatoms. The van der Waals surface area contributed by atoms with Crippen LogP contribution < -0.4 is 15.0 Å². The van der Waals surface area contributed by atoms with E-state index in [1.54, 1.807) is 19.1 Å². The summed E-state index contributed by atoms with van der Waals surface area (Å²) in [6.07, 6.45) is 10.1. The number of hydrogen-bond donors (Lipinski definition) is 1. The Morgan fingerprint density at radius 2 is 1.84 bits per heavy atom. The molecule has 2 aromatic rings. The molecule has 1 aliphatic heterocycles. The maximum atomic E-state index is 13.0. The van der Waals surface area contributed by atoms with Gasteiger partial charge in [0.05, 0.1) is 17.7 Å². The minimum absolute atomic E-state index is 0.0538.